The average Bonchev–Trinajstić information content (AvgIpc) is 3.12. The number of rotatable bonds is 42. The van der Waals surface area contributed by atoms with Crippen LogP contribution in [0.5, 0.6) is 0 Å². The van der Waals surface area contributed by atoms with Crippen molar-refractivity contribution < 1.29 is 32.9 Å². The van der Waals surface area contributed by atoms with E-state index in [0.29, 0.717) is 23.9 Å². The number of likely N-dealkylation sites (N-methyl/N-ethyl adjacent to an activating group) is 1. The molecule has 0 radical (unpaired) electrons. The van der Waals surface area contributed by atoms with Gasteiger partial charge in [-0.25, -0.2) is 4.57 Å². The van der Waals surface area contributed by atoms with E-state index in [-0.39, 0.29) is 19.1 Å². The maximum atomic E-state index is 12.9. The minimum absolute atomic E-state index is 0.0750. The fourth-order valence-electron chi connectivity index (χ4n) is 6.81. The van der Waals surface area contributed by atoms with Crippen LogP contribution in [-0.2, 0) is 18.4 Å². The van der Waals surface area contributed by atoms with E-state index < -0.39 is 20.0 Å². The molecule has 1 unspecified atom stereocenters. The fourth-order valence-corrected chi connectivity index (χ4v) is 7.54. The Balaban J connectivity index is 4.34. The third-order valence-corrected chi connectivity index (χ3v) is 11.5. The second kappa shape index (κ2) is 37.8. The number of allylic oxidation sites excluding steroid dienone is 2. The summed E-state index contributed by atoms with van der Waals surface area (Å²) in [5.41, 5.74) is 0. The highest BCUT2D eigenvalue weighted by atomic mass is 31.2. The summed E-state index contributed by atoms with van der Waals surface area (Å²) in [5, 5.41) is 14.0. The van der Waals surface area contributed by atoms with Crippen LogP contribution in [0, 0.1) is 0 Å². The molecule has 3 N–H and O–H groups in total. The number of nitrogens with zero attached hydrogens (tertiary/aromatic N) is 1. The normalized spacial score (nSPS) is 14.4. The predicted octanol–water partition coefficient (Wildman–Crippen LogP) is 12.8. The van der Waals surface area contributed by atoms with Crippen molar-refractivity contribution in [1.82, 2.24) is 5.32 Å². The highest BCUT2D eigenvalue weighted by Crippen LogP contribution is 2.43. The van der Waals surface area contributed by atoms with Crippen LogP contribution in [-0.4, -0.2) is 73.4 Å². The number of amides is 1. The summed E-state index contributed by atoms with van der Waals surface area (Å²) >= 11 is 0. The summed E-state index contributed by atoms with van der Waals surface area (Å²) in [6, 6.07) is -0.760. The van der Waals surface area contributed by atoms with Gasteiger partial charge in [-0.15, -0.1) is 0 Å². The highest BCUT2D eigenvalue weighted by molar-refractivity contribution is 7.47. The number of hydrogen-bond donors (Lipinski definition) is 3. The molecular weight excluding hydrogens is 695 g/mol. The molecule has 0 spiro atoms. The lowest BCUT2D eigenvalue weighted by atomic mass is 10.0. The van der Waals surface area contributed by atoms with E-state index in [1.807, 2.05) is 21.1 Å². The number of aliphatic hydroxyl groups is 1. The van der Waals surface area contributed by atoms with Gasteiger partial charge in [-0.3, -0.25) is 13.8 Å². The van der Waals surface area contributed by atoms with Crippen LogP contribution < -0.4 is 5.32 Å². The Bertz CT molecular complexity index is 896. The van der Waals surface area contributed by atoms with E-state index >= 15 is 0 Å². The van der Waals surface area contributed by atoms with Crippen molar-refractivity contribution in [3.63, 3.8) is 0 Å². The second-order valence-corrected chi connectivity index (χ2v) is 18.6. The van der Waals surface area contributed by atoms with E-state index in [1.165, 1.54) is 141 Å². The van der Waals surface area contributed by atoms with Crippen LogP contribution in [0.15, 0.2) is 12.2 Å². The third kappa shape index (κ3) is 39.5. The second-order valence-electron chi connectivity index (χ2n) is 17.1. The lowest BCUT2D eigenvalue weighted by Gasteiger charge is -2.26. The molecule has 0 saturated carbocycles. The van der Waals surface area contributed by atoms with Crippen molar-refractivity contribution in [3.8, 4) is 0 Å². The van der Waals surface area contributed by atoms with Gasteiger partial charge in [0.1, 0.15) is 13.2 Å². The zero-order chi connectivity index (χ0) is 40.0. The molecule has 0 rings (SSSR count). The molecule has 0 bridgehead atoms. The van der Waals surface area contributed by atoms with Crippen LogP contribution >= 0.6 is 7.82 Å². The Morgan fingerprint density at radius 1 is 0.611 bits per heavy atom. The van der Waals surface area contributed by atoms with E-state index in [9.17, 15) is 19.4 Å². The zero-order valence-electron chi connectivity index (χ0n) is 36.5. The van der Waals surface area contributed by atoms with E-state index in [0.717, 1.165) is 51.4 Å². The van der Waals surface area contributed by atoms with Crippen molar-refractivity contribution in [2.75, 3.05) is 40.9 Å². The zero-order valence-corrected chi connectivity index (χ0v) is 37.4. The number of carbonyl (C=O) groups excluding carboxylic acids is 1. The molecule has 54 heavy (non-hydrogen) atoms. The van der Waals surface area contributed by atoms with Gasteiger partial charge in [-0.2, -0.15) is 0 Å². The average molecular weight is 788 g/mol. The Kier molecular flexibility index (Phi) is 37.3. The molecule has 0 saturated heterocycles. The van der Waals surface area contributed by atoms with Gasteiger partial charge in [0.05, 0.1) is 39.9 Å². The molecule has 0 fully saturated rings. The van der Waals surface area contributed by atoms with Crippen molar-refractivity contribution in [2.24, 2.45) is 0 Å². The molecule has 1 amide bonds. The molecule has 0 heterocycles. The smallest absolute Gasteiger partial charge is 0.391 e. The summed E-state index contributed by atoms with van der Waals surface area (Å²) in [5.74, 6) is -0.151. The van der Waals surface area contributed by atoms with E-state index in [1.54, 1.807) is 0 Å². The van der Waals surface area contributed by atoms with Crippen LogP contribution in [0.2, 0.25) is 0 Å². The Morgan fingerprint density at radius 3 is 1.43 bits per heavy atom. The van der Waals surface area contributed by atoms with Crippen LogP contribution in [0.1, 0.15) is 219 Å². The maximum Gasteiger partial charge on any atom is 0.472 e. The number of nitrogens with one attached hydrogen (secondary N) is 1. The van der Waals surface area contributed by atoms with E-state index in [4.69, 9.17) is 9.05 Å². The third-order valence-electron chi connectivity index (χ3n) is 10.5. The van der Waals surface area contributed by atoms with Gasteiger partial charge in [-0.05, 0) is 38.5 Å². The highest BCUT2D eigenvalue weighted by Gasteiger charge is 2.28. The molecule has 0 aliphatic carbocycles. The van der Waals surface area contributed by atoms with Gasteiger partial charge >= 0.3 is 7.82 Å². The standard InChI is InChI=1S/C45H91N2O6P/c1-6-8-10-12-14-16-18-20-22-23-25-26-28-30-32-34-36-38-44(48)43(42-53-54(50,51)52-41-40-47(3,4)5)46-45(49)39-37-35-33-31-29-27-24-21-19-17-15-13-11-9-7-2/h21,24,43-44,48H,6-20,22-23,25-42H2,1-5H3,(H-,46,49,50,51)/p+1/b24-21+/t43-,44+/m0/s1. The molecule has 0 aromatic carbocycles. The molecule has 0 aromatic rings. The van der Waals surface area contributed by atoms with Crippen molar-refractivity contribution in [2.45, 2.75) is 231 Å². The van der Waals surface area contributed by atoms with Crippen LogP contribution in [0.3, 0.4) is 0 Å². The van der Waals surface area contributed by atoms with Gasteiger partial charge < -0.3 is 19.8 Å². The van der Waals surface area contributed by atoms with Crippen molar-refractivity contribution in [1.29, 1.82) is 0 Å². The number of hydrogen-bond acceptors (Lipinski definition) is 5. The Labute approximate surface area is 335 Å². The summed E-state index contributed by atoms with van der Waals surface area (Å²) in [6.45, 7) is 4.89. The maximum absolute atomic E-state index is 12.9. The largest absolute Gasteiger partial charge is 0.472 e. The molecular formula is C45H92N2O6P+. The SMILES string of the molecule is CCCCCCCC/C=C/CCCCCCCC(=O)N[C@@H](COP(=O)(O)OCC[N+](C)(C)C)[C@H](O)CCCCCCCCCCCCCCCCCCC. The van der Waals surface area contributed by atoms with Gasteiger partial charge in [0.15, 0.2) is 0 Å². The molecule has 9 heteroatoms. The first-order valence-electron chi connectivity index (χ1n) is 23.1. The summed E-state index contributed by atoms with van der Waals surface area (Å²) in [6.07, 6.45) is 42.3. The Hall–Kier alpha value is -0.760. The lowest BCUT2D eigenvalue weighted by molar-refractivity contribution is -0.870. The number of unbranched alkanes of at least 4 members (excludes halogenated alkanes) is 27. The number of phosphoric ester groups is 1. The molecule has 0 aliphatic rings. The fraction of sp³-hybridized carbons (Fsp3) is 0.933. The first-order chi connectivity index (χ1) is 26.0. The van der Waals surface area contributed by atoms with Gasteiger partial charge in [0.25, 0.3) is 0 Å². The van der Waals surface area contributed by atoms with Crippen LogP contribution in [0.25, 0.3) is 0 Å². The first kappa shape index (κ1) is 53.2. The van der Waals surface area contributed by atoms with Gasteiger partial charge in [-0.1, -0.05) is 187 Å². The van der Waals surface area contributed by atoms with Gasteiger partial charge in [0.2, 0.25) is 5.91 Å². The molecule has 0 aliphatic heterocycles. The predicted molar refractivity (Wildman–Crippen MR) is 231 cm³/mol. The molecule has 0 aromatic heterocycles. The number of phosphoric acid groups is 1. The Morgan fingerprint density at radius 2 is 1.00 bits per heavy atom. The number of aliphatic hydroxyl groups excluding tert-OH is 1. The number of carbonyl (C=O) groups is 1. The van der Waals surface area contributed by atoms with Crippen LogP contribution in [0.4, 0.5) is 0 Å². The quantitative estimate of drug-likeness (QED) is 0.0246. The molecule has 322 valence electrons. The van der Waals surface area contributed by atoms with Crippen molar-refractivity contribution in [3.05, 3.63) is 12.2 Å². The first-order valence-corrected chi connectivity index (χ1v) is 24.5. The van der Waals surface area contributed by atoms with Gasteiger partial charge in [0, 0.05) is 6.42 Å². The summed E-state index contributed by atoms with van der Waals surface area (Å²) in [7, 11) is 1.62. The molecule has 8 nitrogen and oxygen atoms in total. The summed E-state index contributed by atoms with van der Waals surface area (Å²) < 4.78 is 23.6. The topological polar surface area (TPSA) is 105 Å². The monoisotopic (exact) mass is 788 g/mol. The number of quaternary nitrogens is 1. The molecule has 3 atom stereocenters. The minimum Gasteiger partial charge on any atom is -0.391 e. The van der Waals surface area contributed by atoms with Crippen molar-refractivity contribution >= 4 is 13.7 Å². The lowest BCUT2D eigenvalue weighted by Crippen LogP contribution is -2.46. The van der Waals surface area contributed by atoms with E-state index in [2.05, 4.69) is 31.3 Å². The minimum atomic E-state index is -4.31. The summed E-state index contributed by atoms with van der Waals surface area (Å²) in [4.78, 5) is 23.1.